The minimum Gasteiger partial charge on any atom is -0.491 e. The van der Waals surface area contributed by atoms with Crippen molar-refractivity contribution < 1.29 is 19.7 Å². The van der Waals surface area contributed by atoms with Crippen LogP contribution in [0.1, 0.15) is 33.2 Å². The summed E-state index contributed by atoms with van der Waals surface area (Å²) in [7, 11) is 3.43. The number of carboxylic acid groups (broad SMARTS) is 1. The highest BCUT2D eigenvalue weighted by molar-refractivity contribution is 5.87. The second-order valence-electron chi connectivity index (χ2n) is 8.23. The Labute approximate surface area is 196 Å². The summed E-state index contributed by atoms with van der Waals surface area (Å²) in [6.45, 7) is 1.37. The van der Waals surface area contributed by atoms with E-state index in [-0.39, 0.29) is 17.9 Å². The highest BCUT2D eigenvalue weighted by Crippen LogP contribution is 2.21. The molecule has 4 rings (SSSR count). The molecule has 8 heteroatoms. The zero-order valence-electron chi connectivity index (χ0n) is 19.1. The highest BCUT2D eigenvalue weighted by atomic mass is 16.5. The van der Waals surface area contributed by atoms with Crippen LogP contribution in [0.4, 0.5) is 0 Å². The fourth-order valence-electron chi connectivity index (χ4n) is 3.82. The number of aryl methyl sites for hydroxylation is 2. The van der Waals surface area contributed by atoms with E-state index in [2.05, 4.69) is 5.32 Å². The fourth-order valence-corrected chi connectivity index (χ4v) is 3.82. The number of aromatic carboxylic acids is 1. The van der Waals surface area contributed by atoms with E-state index in [0.29, 0.717) is 24.4 Å². The fraction of sp³-hybridized carbons (Fsp3) is 0.231. The van der Waals surface area contributed by atoms with Crippen molar-refractivity contribution >= 4 is 17.0 Å². The maximum absolute atomic E-state index is 12.1. The van der Waals surface area contributed by atoms with Crippen LogP contribution in [0.5, 0.6) is 5.75 Å². The molecule has 0 amide bonds. The summed E-state index contributed by atoms with van der Waals surface area (Å²) < 4.78 is 8.90. The van der Waals surface area contributed by atoms with Gasteiger partial charge in [0.05, 0.1) is 16.6 Å². The highest BCUT2D eigenvalue weighted by Gasteiger charge is 2.13. The van der Waals surface area contributed by atoms with Gasteiger partial charge in [0.1, 0.15) is 18.5 Å². The molecular weight excluding hydrogens is 434 g/mol. The molecule has 176 valence electrons. The molecule has 1 heterocycles. The van der Waals surface area contributed by atoms with Gasteiger partial charge >= 0.3 is 11.7 Å². The first-order chi connectivity index (χ1) is 16.3. The van der Waals surface area contributed by atoms with Gasteiger partial charge in [0.15, 0.2) is 0 Å². The molecule has 34 heavy (non-hydrogen) atoms. The van der Waals surface area contributed by atoms with E-state index in [1.807, 2.05) is 36.4 Å². The first kappa shape index (κ1) is 23.3. The van der Waals surface area contributed by atoms with Crippen molar-refractivity contribution in [3.63, 3.8) is 0 Å². The van der Waals surface area contributed by atoms with Crippen molar-refractivity contribution in [1.29, 1.82) is 0 Å². The average molecular weight is 462 g/mol. The Morgan fingerprint density at radius 1 is 0.912 bits per heavy atom. The number of nitrogens with zero attached hydrogens (tertiary/aromatic N) is 2. The van der Waals surface area contributed by atoms with Gasteiger partial charge in [-0.05, 0) is 53.1 Å². The molecule has 3 aromatic carbocycles. The molecule has 0 saturated carbocycles. The zero-order valence-corrected chi connectivity index (χ0v) is 19.1. The number of hydrogen-bond acceptors (Lipinski definition) is 5. The molecule has 0 fully saturated rings. The Morgan fingerprint density at radius 2 is 1.50 bits per heavy atom. The van der Waals surface area contributed by atoms with Gasteiger partial charge in [-0.3, -0.25) is 9.13 Å². The van der Waals surface area contributed by atoms with Crippen molar-refractivity contribution in [3.05, 3.63) is 99.5 Å². The number of carboxylic acids is 1. The second-order valence-corrected chi connectivity index (χ2v) is 8.23. The van der Waals surface area contributed by atoms with Crippen LogP contribution in [-0.4, -0.2) is 31.9 Å². The lowest BCUT2D eigenvalue weighted by Gasteiger charge is -2.14. The summed E-state index contributed by atoms with van der Waals surface area (Å²) in [5, 5.41) is 22.9. The molecule has 0 saturated heterocycles. The standard InChI is InChI=1S/C26H27N3O5/c1-28-22-12-9-20(13-23(22)29(2)26(28)33)24(30)16-34-21-10-5-18(6-11-21)15-27-14-17-3-7-19(8-4-17)25(31)32/h3-13,24,27,30H,14-16H2,1-2H3,(H,31,32). The van der Waals surface area contributed by atoms with E-state index in [0.717, 1.165) is 22.2 Å². The lowest BCUT2D eigenvalue weighted by Crippen LogP contribution is -2.19. The van der Waals surface area contributed by atoms with Crippen LogP contribution in [0.25, 0.3) is 11.0 Å². The van der Waals surface area contributed by atoms with Gasteiger partial charge < -0.3 is 20.3 Å². The van der Waals surface area contributed by atoms with E-state index in [1.54, 1.807) is 53.6 Å². The number of carbonyl (C=O) groups is 1. The molecule has 0 aliphatic carbocycles. The summed E-state index contributed by atoms with van der Waals surface area (Å²) >= 11 is 0. The van der Waals surface area contributed by atoms with Crippen LogP contribution in [-0.2, 0) is 27.2 Å². The largest absolute Gasteiger partial charge is 0.491 e. The lowest BCUT2D eigenvalue weighted by molar-refractivity contribution is 0.0697. The Balaban J connectivity index is 1.29. The van der Waals surface area contributed by atoms with Gasteiger partial charge in [-0.25, -0.2) is 9.59 Å². The first-order valence-electron chi connectivity index (χ1n) is 10.9. The number of imidazole rings is 1. The summed E-state index contributed by atoms with van der Waals surface area (Å²) in [5.41, 5.74) is 4.51. The van der Waals surface area contributed by atoms with Crippen LogP contribution in [0, 0.1) is 0 Å². The molecule has 1 atom stereocenters. The topological polar surface area (TPSA) is 106 Å². The van der Waals surface area contributed by atoms with Gasteiger partial charge in [-0.15, -0.1) is 0 Å². The number of aliphatic hydroxyl groups is 1. The van der Waals surface area contributed by atoms with Crippen LogP contribution in [0.2, 0.25) is 0 Å². The zero-order chi connectivity index (χ0) is 24.2. The van der Waals surface area contributed by atoms with Crippen LogP contribution in [0.3, 0.4) is 0 Å². The van der Waals surface area contributed by atoms with Gasteiger partial charge in [0, 0.05) is 27.2 Å². The number of aromatic nitrogens is 2. The summed E-state index contributed by atoms with van der Waals surface area (Å²) in [6.07, 6.45) is -0.825. The normalized spacial score (nSPS) is 12.1. The smallest absolute Gasteiger partial charge is 0.335 e. The lowest BCUT2D eigenvalue weighted by atomic mass is 10.1. The Bertz CT molecular complexity index is 1350. The maximum atomic E-state index is 12.1. The van der Waals surface area contributed by atoms with E-state index in [9.17, 15) is 14.7 Å². The SMILES string of the molecule is Cn1c(=O)n(C)c2cc(C(O)COc3ccc(CNCc4ccc(C(=O)O)cc4)cc3)ccc21. The molecule has 1 aromatic heterocycles. The summed E-state index contributed by atoms with van der Waals surface area (Å²) in [6, 6.07) is 19.9. The third-order valence-electron chi connectivity index (χ3n) is 5.87. The van der Waals surface area contributed by atoms with E-state index in [1.165, 1.54) is 0 Å². The van der Waals surface area contributed by atoms with Crippen molar-refractivity contribution in [1.82, 2.24) is 14.5 Å². The average Bonchev–Trinajstić information content (AvgIpc) is 3.07. The number of ether oxygens (including phenoxy) is 1. The molecule has 0 bridgehead atoms. The molecule has 8 nitrogen and oxygen atoms in total. The molecular formula is C26H27N3O5. The molecule has 1 unspecified atom stereocenters. The minimum atomic E-state index is -0.932. The van der Waals surface area contributed by atoms with E-state index >= 15 is 0 Å². The van der Waals surface area contributed by atoms with Gasteiger partial charge in [0.25, 0.3) is 0 Å². The first-order valence-corrected chi connectivity index (χ1v) is 10.9. The monoisotopic (exact) mass is 461 g/mol. The predicted octanol–water partition coefficient (Wildman–Crippen LogP) is 2.98. The molecule has 4 aromatic rings. The van der Waals surface area contributed by atoms with Crippen molar-refractivity contribution in [2.45, 2.75) is 19.2 Å². The molecule has 0 aliphatic heterocycles. The number of benzene rings is 3. The van der Waals surface area contributed by atoms with Crippen LogP contribution < -0.4 is 15.7 Å². The van der Waals surface area contributed by atoms with Crippen LogP contribution >= 0.6 is 0 Å². The maximum Gasteiger partial charge on any atom is 0.335 e. The van der Waals surface area contributed by atoms with Crippen molar-refractivity contribution in [2.24, 2.45) is 14.1 Å². The molecule has 0 aliphatic rings. The minimum absolute atomic E-state index is 0.0935. The van der Waals surface area contributed by atoms with Gasteiger partial charge in [0.2, 0.25) is 0 Å². The number of rotatable bonds is 9. The molecule has 0 radical (unpaired) electrons. The number of fused-ring (bicyclic) bond motifs is 1. The third-order valence-corrected chi connectivity index (χ3v) is 5.87. The second kappa shape index (κ2) is 9.94. The van der Waals surface area contributed by atoms with E-state index < -0.39 is 12.1 Å². The van der Waals surface area contributed by atoms with Gasteiger partial charge in [-0.2, -0.15) is 0 Å². The molecule has 3 N–H and O–H groups in total. The van der Waals surface area contributed by atoms with Gasteiger partial charge in [-0.1, -0.05) is 30.3 Å². The number of nitrogens with one attached hydrogen (secondary N) is 1. The summed E-state index contributed by atoms with van der Waals surface area (Å²) in [4.78, 5) is 23.0. The van der Waals surface area contributed by atoms with Crippen molar-refractivity contribution in [2.75, 3.05) is 6.61 Å². The summed E-state index contributed by atoms with van der Waals surface area (Å²) in [5.74, 6) is -0.279. The Morgan fingerprint density at radius 3 is 2.12 bits per heavy atom. The number of hydrogen-bond donors (Lipinski definition) is 3. The Hall–Kier alpha value is -3.88. The van der Waals surface area contributed by atoms with Crippen LogP contribution in [0.15, 0.2) is 71.5 Å². The third kappa shape index (κ3) is 5.03. The predicted molar refractivity (Wildman–Crippen MR) is 129 cm³/mol. The number of aliphatic hydroxyl groups excluding tert-OH is 1. The van der Waals surface area contributed by atoms with Crippen molar-refractivity contribution in [3.8, 4) is 5.75 Å². The van der Waals surface area contributed by atoms with E-state index in [4.69, 9.17) is 9.84 Å². The Kier molecular flexibility index (Phi) is 6.81. The quantitative estimate of drug-likeness (QED) is 0.354. The molecule has 0 spiro atoms.